The Kier molecular flexibility index (Phi) is 4.05. The van der Waals surface area contributed by atoms with Gasteiger partial charge in [-0.25, -0.2) is 0 Å². The lowest BCUT2D eigenvalue weighted by molar-refractivity contribution is -0.137. The highest BCUT2D eigenvalue weighted by atomic mass is 16.2. The molecule has 2 aliphatic carbocycles. The minimum Gasteiger partial charge on any atom is -0.334 e. The summed E-state index contributed by atoms with van der Waals surface area (Å²) in [6.45, 7) is 4.73. The van der Waals surface area contributed by atoms with Crippen LogP contribution in [0.2, 0.25) is 0 Å². The summed E-state index contributed by atoms with van der Waals surface area (Å²) in [6.07, 6.45) is 8.34. The van der Waals surface area contributed by atoms with Gasteiger partial charge in [-0.05, 0) is 37.7 Å². The van der Waals surface area contributed by atoms with E-state index in [1.807, 2.05) is 25.6 Å². The molecule has 4 nitrogen and oxygen atoms in total. The van der Waals surface area contributed by atoms with E-state index in [0.29, 0.717) is 18.5 Å². The number of carbonyl (C=O) groups is 1. The number of hydrogen-bond acceptors (Lipinski definition) is 2. The molecule has 3 rings (SSSR count). The van der Waals surface area contributed by atoms with Crippen molar-refractivity contribution in [2.75, 3.05) is 0 Å². The number of fused-ring (bicyclic) bond motifs is 1. The van der Waals surface area contributed by atoms with Crippen LogP contribution < -0.4 is 0 Å². The standard InChI is InChI=1S/C17H27N3O/c1-12(2)17(21)20(13-7-4-5-8-13)11-15-14-9-6-10-16(14)19(3)18-15/h12-13H,4-11H2,1-3H3. The predicted octanol–water partition coefficient (Wildman–Crippen LogP) is 2.84. The molecule has 21 heavy (non-hydrogen) atoms. The molecule has 1 heterocycles. The van der Waals surface area contributed by atoms with E-state index in [2.05, 4.69) is 4.90 Å². The maximum Gasteiger partial charge on any atom is 0.225 e. The van der Waals surface area contributed by atoms with Crippen LogP contribution in [0.3, 0.4) is 0 Å². The van der Waals surface area contributed by atoms with Gasteiger partial charge in [-0.15, -0.1) is 0 Å². The van der Waals surface area contributed by atoms with Crippen molar-refractivity contribution < 1.29 is 4.79 Å². The first-order valence-electron chi connectivity index (χ1n) is 8.42. The fourth-order valence-corrected chi connectivity index (χ4v) is 3.92. The van der Waals surface area contributed by atoms with Crippen LogP contribution in [0.5, 0.6) is 0 Å². The highest BCUT2D eigenvalue weighted by molar-refractivity contribution is 5.78. The van der Waals surface area contributed by atoms with Crippen LogP contribution in [0.25, 0.3) is 0 Å². The van der Waals surface area contributed by atoms with E-state index >= 15 is 0 Å². The first kappa shape index (κ1) is 14.6. The van der Waals surface area contributed by atoms with E-state index in [4.69, 9.17) is 5.10 Å². The van der Waals surface area contributed by atoms with Gasteiger partial charge in [-0.3, -0.25) is 9.48 Å². The summed E-state index contributed by atoms with van der Waals surface area (Å²) in [6, 6.07) is 0.430. The van der Waals surface area contributed by atoms with Gasteiger partial charge in [0.15, 0.2) is 0 Å². The molecule has 1 aromatic heterocycles. The van der Waals surface area contributed by atoms with Crippen LogP contribution in [0.1, 0.15) is 62.9 Å². The smallest absolute Gasteiger partial charge is 0.225 e. The average Bonchev–Trinajstić information content (AvgIpc) is 3.15. The van der Waals surface area contributed by atoms with Crippen molar-refractivity contribution in [1.82, 2.24) is 14.7 Å². The Morgan fingerprint density at radius 3 is 2.67 bits per heavy atom. The number of rotatable bonds is 4. The van der Waals surface area contributed by atoms with E-state index < -0.39 is 0 Å². The molecule has 0 N–H and O–H groups in total. The third-order valence-corrected chi connectivity index (χ3v) is 5.06. The first-order chi connectivity index (χ1) is 10.1. The highest BCUT2D eigenvalue weighted by Crippen LogP contribution is 2.29. The van der Waals surface area contributed by atoms with Crippen molar-refractivity contribution in [3.8, 4) is 0 Å². The normalized spacial score (nSPS) is 18.5. The zero-order chi connectivity index (χ0) is 15.0. The summed E-state index contributed by atoms with van der Waals surface area (Å²) < 4.78 is 2.03. The van der Waals surface area contributed by atoms with Gasteiger partial charge >= 0.3 is 0 Å². The Hall–Kier alpha value is -1.32. The second-order valence-corrected chi connectivity index (χ2v) is 6.91. The first-order valence-corrected chi connectivity index (χ1v) is 8.42. The van der Waals surface area contributed by atoms with Crippen molar-refractivity contribution in [2.45, 2.75) is 71.4 Å². The monoisotopic (exact) mass is 289 g/mol. The minimum atomic E-state index is 0.0716. The van der Waals surface area contributed by atoms with Crippen LogP contribution in [0, 0.1) is 5.92 Å². The average molecular weight is 289 g/mol. The van der Waals surface area contributed by atoms with Gasteiger partial charge in [-0.2, -0.15) is 5.10 Å². The molecule has 0 aromatic carbocycles. The van der Waals surface area contributed by atoms with Gasteiger partial charge in [0.05, 0.1) is 12.2 Å². The van der Waals surface area contributed by atoms with Gasteiger partial charge in [0.2, 0.25) is 5.91 Å². The molecule has 0 unspecified atom stereocenters. The molecule has 0 spiro atoms. The molecule has 1 amide bonds. The van der Waals surface area contributed by atoms with Crippen LogP contribution >= 0.6 is 0 Å². The Morgan fingerprint density at radius 1 is 1.29 bits per heavy atom. The van der Waals surface area contributed by atoms with Crippen molar-refractivity contribution in [3.63, 3.8) is 0 Å². The van der Waals surface area contributed by atoms with Gasteiger partial charge < -0.3 is 4.90 Å². The van der Waals surface area contributed by atoms with Gasteiger partial charge in [0, 0.05) is 24.7 Å². The molecule has 1 fully saturated rings. The zero-order valence-corrected chi connectivity index (χ0v) is 13.6. The Morgan fingerprint density at radius 2 is 2.00 bits per heavy atom. The number of amides is 1. The van der Waals surface area contributed by atoms with Gasteiger partial charge in [-0.1, -0.05) is 26.7 Å². The third kappa shape index (κ3) is 2.72. The minimum absolute atomic E-state index is 0.0716. The maximum absolute atomic E-state index is 12.6. The molecule has 116 valence electrons. The maximum atomic E-state index is 12.6. The van der Waals surface area contributed by atoms with Crippen LogP contribution in [-0.4, -0.2) is 26.6 Å². The number of aromatic nitrogens is 2. The topological polar surface area (TPSA) is 38.1 Å². The summed E-state index contributed by atoms with van der Waals surface area (Å²) in [5.74, 6) is 0.363. The molecular weight excluding hydrogens is 262 g/mol. The van der Waals surface area contributed by atoms with E-state index in [-0.39, 0.29) is 5.92 Å². The van der Waals surface area contributed by atoms with E-state index in [1.165, 1.54) is 30.5 Å². The zero-order valence-electron chi connectivity index (χ0n) is 13.6. The molecule has 0 atom stereocenters. The largest absolute Gasteiger partial charge is 0.334 e. The lowest BCUT2D eigenvalue weighted by Gasteiger charge is -2.30. The van der Waals surface area contributed by atoms with Crippen molar-refractivity contribution in [1.29, 1.82) is 0 Å². The summed E-state index contributed by atoms with van der Waals surface area (Å²) in [4.78, 5) is 14.8. The fraction of sp³-hybridized carbons (Fsp3) is 0.765. The molecule has 0 aliphatic heterocycles. The Bertz CT molecular complexity index is 526. The summed E-state index contributed by atoms with van der Waals surface area (Å²) in [5.41, 5.74) is 3.94. The van der Waals surface area contributed by atoms with Crippen LogP contribution in [0.4, 0.5) is 0 Å². The quantitative estimate of drug-likeness (QED) is 0.855. The van der Waals surface area contributed by atoms with Crippen LogP contribution in [-0.2, 0) is 31.2 Å². The molecular formula is C17H27N3O. The van der Waals surface area contributed by atoms with E-state index in [0.717, 1.165) is 31.4 Å². The molecule has 0 saturated heterocycles. The molecule has 1 saturated carbocycles. The molecule has 4 heteroatoms. The number of carbonyl (C=O) groups excluding carboxylic acids is 1. The van der Waals surface area contributed by atoms with Crippen molar-refractivity contribution >= 4 is 5.91 Å². The second kappa shape index (κ2) is 5.82. The number of aryl methyl sites for hydroxylation is 1. The summed E-state index contributed by atoms with van der Waals surface area (Å²) in [5, 5.41) is 4.71. The molecule has 1 aromatic rings. The highest BCUT2D eigenvalue weighted by Gasteiger charge is 2.30. The van der Waals surface area contributed by atoms with Crippen molar-refractivity contribution in [3.05, 3.63) is 17.0 Å². The lowest BCUT2D eigenvalue weighted by Crippen LogP contribution is -2.41. The molecule has 0 radical (unpaired) electrons. The van der Waals surface area contributed by atoms with Gasteiger partial charge in [0.25, 0.3) is 0 Å². The van der Waals surface area contributed by atoms with Crippen molar-refractivity contribution in [2.24, 2.45) is 13.0 Å². The third-order valence-electron chi connectivity index (χ3n) is 5.06. The lowest BCUT2D eigenvalue weighted by atomic mass is 10.1. The van der Waals surface area contributed by atoms with E-state index in [1.54, 1.807) is 0 Å². The predicted molar refractivity (Wildman–Crippen MR) is 82.9 cm³/mol. The number of nitrogens with zero attached hydrogens (tertiary/aromatic N) is 3. The number of hydrogen-bond donors (Lipinski definition) is 0. The molecule has 0 bridgehead atoms. The van der Waals surface area contributed by atoms with Crippen LogP contribution in [0.15, 0.2) is 0 Å². The summed E-state index contributed by atoms with van der Waals surface area (Å²) in [7, 11) is 2.04. The summed E-state index contributed by atoms with van der Waals surface area (Å²) >= 11 is 0. The second-order valence-electron chi connectivity index (χ2n) is 6.91. The SMILES string of the molecule is CC(C)C(=O)N(Cc1nn(C)c2c1CCC2)C1CCCC1. The Balaban J connectivity index is 1.84. The van der Waals surface area contributed by atoms with Gasteiger partial charge in [0.1, 0.15) is 0 Å². The van der Waals surface area contributed by atoms with E-state index in [9.17, 15) is 4.79 Å². The Labute approximate surface area is 127 Å². The molecule has 2 aliphatic rings. The fourth-order valence-electron chi connectivity index (χ4n) is 3.92.